The molecular formula is C24H35O3P. The van der Waals surface area contributed by atoms with E-state index in [-0.39, 0.29) is 16.2 Å². The number of para-hydroxylation sites is 1. The van der Waals surface area contributed by atoms with E-state index in [9.17, 15) is 4.89 Å². The fourth-order valence-electron chi connectivity index (χ4n) is 3.01. The molecule has 0 aliphatic heterocycles. The summed E-state index contributed by atoms with van der Waals surface area (Å²) in [7, 11) is -2.10. The third-order valence-corrected chi connectivity index (χ3v) is 5.41. The molecule has 1 unspecified atom stereocenters. The van der Waals surface area contributed by atoms with Crippen molar-refractivity contribution in [2.45, 2.75) is 78.6 Å². The second kappa shape index (κ2) is 8.05. The Balaban J connectivity index is 2.31. The second-order valence-corrected chi connectivity index (χ2v) is 11.2. The summed E-state index contributed by atoms with van der Waals surface area (Å²) in [5, 5.41) is 0. The molecule has 0 radical (unpaired) electrons. The molecule has 0 bridgehead atoms. The largest absolute Gasteiger partial charge is 0.460 e. The summed E-state index contributed by atoms with van der Waals surface area (Å²) in [4.78, 5) is 10.6. The molecule has 0 saturated carbocycles. The Hall–Kier alpha value is -1.57. The molecule has 4 heteroatoms. The zero-order valence-corrected chi connectivity index (χ0v) is 19.6. The van der Waals surface area contributed by atoms with Crippen LogP contribution in [0.4, 0.5) is 0 Å². The first-order valence-corrected chi connectivity index (χ1v) is 10.9. The first-order chi connectivity index (χ1) is 12.7. The van der Waals surface area contributed by atoms with Gasteiger partial charge in [0.2, 0.25) is 0 Å². The molecule has 0 amide bonds. The number of rotatable bonds is 4. The summed E-state index contributed by atoms with van der Waals surface area (Å²) in [6.45, 7) is 19.4. The van der Waals surface area contributed by atoms with Gasteiger partial charge in [-0.25, -0.2) is 0 Å². The van der Waals surface area contributed by atoms with Crippen LogP contribution in [-0.4, -0.2) is 4.89 Å². The summed E-state index contributed by atoms with van der Waals surface area (Å²) in [5.41, 5.74) is 3.19. The molecule has 0 aliphatic carbocycles. The number of hydrogen-bond acceptors (Lipinski definition) is 3. The summed E-state index contributed by atoms with van der Waals surface area (Å²) >= 11 is 0. The zero-order chi connectivity index (χ0) is 21.3. The van der Waals surface area contributed by atoms with Crippen LogP contribution in [0.15, 0.2) is 42.5 Å². The summed E-state index contributed by atoms with van der Waals surface area (Å²) in [6.07, 6.45) is 0. The topological polar surface area (TPSA) is 38.7 Å². The van der Waals surface area contributed by atoms with Crippen LogP contribution in [0.1, 0.15) is 79.0 Å². The molecule has 0 fully saturated rings. The van der Waals surface area contributed by atoms with Gasteiger partial charge in [0.05, 0.1) is 0 Å². The van der Waals surface area contributed by atoms with Crippen molar-refractivity contribution in [3.63, 3.8) is 0 Å². The van der Waals surface area contributed by atoms with Crippen LogP contribution in [0.3, 0.4) is 0 Å². The van der Waals surface area contributed by atoms with E-state index in [1.54, 1.807) is 0 Å². The lowest BCUT2D eigenvalue weighted by atomic mass is 9.80. The Morgan fingerprint density at radius 3 is 1.64 bits per heavy atom. The van der Waals surface area contributed by atoms with Gasteiger partial charge in [0.15, 0.2) is 0 Å². The van der Waals surface area contributed by atoms with Crippen molar-refractivity contribution in [3.8, 4) is 11.5 Å². The fraction of sp³-hybridized carbons (Fsp3) is 0.500. The molecule has 0 spiro atoms. The van der Waals surface area contributed by atoms with E-state index < -0.39 is 8.60 Å². The van der Waals surface area contributed by atoms with Gasteiger partial charge in [0, 0.05) is 11.1 Å². The van der Waals surface area contributed by atoms with Crippen LogP contribution in [0.2, 0.25) is 0 Å². The second-order valence-electron chi connectivity index (χ2n) is 10.4. The van der Waals surface area contributed by atoms with Crippen LogP contribution in [0.5, 0.6) is 11.5 Å². The Bertz CT molecular complexity index is 808. The average molecular weight is 403 g/mol. The molecule has 1 N–H and O–H groups in total. The third-order valence-electron chi connectivity index (χ3n) is 4.70. The smallest absolute Gasteiger partial charge is 0.418 e. The molecule has 2 rings (SSSR count). The SMILES string of the molecule is CC(C)(C)c1ccc(OP(O)Oc2ccccc2C(C)(C)C)c(C(C)(C)C)c1. The summed E-state index contributed by atoms with van der Waals surface area (Å²) in [6, 6.07) is 14.0. The molecule has 1 atom stereocenters. The van der Waals surface area contributed by atoms with Crippen molar-refractivity contribution in [2.75, 3.05) is 0 Å². The molecule has 2 aromatic rings. The lowest BCUT2D eigenvalue weighted by Crippen LogP contribution is -2.17. The van der Waals surface area contributed by atoms with Gasteiger partial charge < -0.3 is 13.9 Å². The van der Waals surface area contributed by atoms with E-state index in [0.29, 0.717) is 11.5 Å². The Kier molecular flexibility index (Phi) is 6.53. The van der Waals surface area contributed by atoms with E-state index in [0.717, 1.165) is 11.1 Å². The van der Waals surface area contributed by atoms with Crippen molar-refractivity contribution < 1.29 is 13.9 Å². The fourth-order valence-corrected chi connectivity index (χ4v) is 3.71. The predicted molar refractivity (Wildman–Crippen MR) is 119 cm³/mol. The molecule has 28 heavy (non-hydrogen) atoms. The average Bonchev–Trinajstić information content (AvgIpc) is 2.52. The van der Waals surface area contributed by atoms with Crippen LogP contribution in [0.25, 0.3) is 0 Å². The van der Waals surface area contributed by atoms with Gasteiger partial charge >= 0.3 is 8.60 Å². The van der Waals surface area contributed by atoms with E-state index >= 15 is 0 Å². The highest BCUT2D eigenvalue weighted by atomic mass is 31.2. The Morgan fingerprint density at radius 1 is 0.643 bits per heavy atom. The Morgan fingerprint density at radius 2 is 1.14 bits per heavy atom. The highest BCUT2D eigenvalue weighted by Crippen LogP contribution is 2.44. The van der Waals surface area contributed by atoms with Crippen LogP contribution in [0, 0.1) is 0 Å². The van der Waals surface area contributed by atoms with Crippen molar-refractivity contribution >= 4 is 8.60 Å². The van der Waals surface area contributed by atoms with Crippen molar-refractivity contribution in [1.29, 1.82) is 0 Å². The maximum atomic E-state index is 10.6. The van der Waals surface area contributed by atoms with E-state index in [1.165, 1.54) is 5.56 Å². The van der Waals surface area contributed by atoms with Crippen LogP contribution >= 0.6 is 8.60 Å². The highest BCUT2D eigenvalue weighted by molar-refractivity contribution is 7.41. The van der Waals surface area contributed by atoms with Gasteiger partial charge in [-0.1, -0.05) is 92.6 Å². The molecular weight excluding hydrogens is 367 g/mol. The molecule has 0 aliphatic rings. The maximum Gasteiger partial charge on any atom is 0.460 e. The summed E-state index contributed by atoms with van der Waals surface area (Å²) in [5.74, 6) is 1.33. The van der Waals surface area contributed by atoms with Gasteiger partial charge in [0.1, 0.15) is 11.5 Å². The molecule has 2 aromatic carbocycles. The number of benzene rings is 2. The van der Waals surface area contributed by atoms with Crippen LogP contribution in [-0.2, 0) is 16.2 Å². The number of hydrogen-bond donors (Lipinski definition) is 1. The first-order valence-electron chi connectivity index (χ1n) is 9.79. The van der Waals surface area contributed by atoms with Gasteiger partial charge in [0.25, 0.3) is 0 Å². The quantitative estimate of drug-likeness (QED) is 0.547. The first kappa shape index (κ1) is 22.7. The van der Waals surface area contributed by atoms with Crippen molar-refractivity contribution in [2.24, 2.45) is 0 Å². The minimum absolute atomic E-state index is 0.0463. The highest BCUT2D eigenvalue weighted by Gasteiger charge is 2.26. The van der Waals surface area contributed by atoms with Crippen molar-refractivity contribution in [3.05, 3.63) is 59.2 Å². The molecule has 154 valence electrons. The Labute approximate surface area is 172 Å². The maximum absolute atomic E-state index is 10.6. The van der Waals surface area contributed by atoms with Gasteiger partial charge in [-0.15, -0.1) is 0 Å². The lowest BCUT2D eigenvalue weighted by molar-refractivity contribution is 0.371. The van der Waals surface area contributed by atoms with E-state index in [2.05, 4.69) is 74.4 Å². The normalized spacial score (nSPS) is 13.9. The van der Waals surface area contributed by atoms with Gasteiger partial charge in [-0.3, -0.25) is 0 Å². The monoisotopic (exact) mass is 402 g/mol. The van der Waals surface area contributed by atoms with Gasteiger partial charge in [-0.2, -0.15) is 0 Å². The van der Waals surface area contributed by atoms with Crippen LogP contribution < -0.4 is 9.05 Å². The van der Waals surface area contributed by atoms with E-state index in [1.807, 2.05) is 30.3 Å². The molecule has 0 aromatic heterocycles. The summed E-state index contributed by atoms with van der Waals surface area (Å²) < 4.78 is 11.7. The minimum Gasteiger partial charge on any atom is -0.418 e. The molecule has 0 saturated heterocycles. The predicted octanol–water partition coefficient (Wildman–Crippen LogP) is 7.26. The van der Waals surface area contributed by atoms with E-state index in [4.69, 9.17) is 9.05 Å². The standard InChI is InChI=1S/C24H35O3P/c1-22(2,3)17-14-15-21(19(16-17)24(7,8)9)27-28(25)26-20-13-11-10-12-18(20)23(4,5)6/h10-16,25H,1-9H3. The molecule has 0 heterocycles. The molecule has 3 nitrogen and oxygen atoms in total. The zero-order valence-electron chi connectivity index (χ0n) is 18.8. The van der Waals surface area contributed by atoms with Gasteiger partial charge in [-0.05, 0) is 33.9 Å². The third kappa shape index (κ3) is 5.72. The van der Waals surface area contributed by atoms with Crippen molar-refractivity contribution in [1.82, 2.24) is 0 Å². The minimum atomic E-state index is -2.10. The lowest BCUT2D eigenvalue weighted by Gasteiger charge is -2.28.